The average molecular weight is 326 g/mol. The second-order valence-electron chi connectivity index (χ2n) is 4.00. The molecule has 0 fully saturated rings. The summed E-state index contributed by atoms with van der Waals surface area (Å²) < 4.78 is 0. The Labute approximate surface area is 115 Å². The van der Waals surface area contributed by atoms with E-state index in [1.54, 1.807) is 0 Å². The van der Waals surface area contributed by atoms with E-state index in [4.69, 9.17) is 9.90 Å². The van der Waals surface area contributed by atoms with E-state index in [2.05, 4.69) is 49.9 Å². The first kappa shape index (κ1) is 21.4. The maximum atomic E-state index is 8.24. The molecule has 0 aliphatic carbocycles. The molecule has 0 atom stereocenters. The Hall–Kier alpha value is 0.0903. The molecule has 5 nitrogen and oxygen atoms in total. The standard InChI is InChI=1S/C9H23N3.CHO2.Ag/c1-10(2)6-8-12(5)9-7-11(3)4;2-1-3;/h6-9H2,1-5H3;(H,2,3);/q;-1;+1. The van der Waals surface area contributed by atoms with Crippen LogP contribution in [-0.2, 0) is 27.2 Å². The Balaban J connectivity index is -0.000000377. The monoisotopic (exact) mass is 325 g/mol. The molecule has 0 saturated carbocycles. The van der Waals surface area contributed by atoms with Crippen LogP contribution in [0.2, 0.25) is 0 Å². The number of rotatable bonds is 6. The van der Waals surface area contributed by atoms with Crippen molar-refractivity contribution in [3.63, 3.8) is 0 Å². The summed E-state index contributed by atoms with van der Waals surface area (Å²) in [7, 11) is 10.6. The minimum Gasteiger partial charge on any atom is -0.665 e. The van der Waals surface area contributed by atoms with Gasteiger partial charge < -0.3 is 24.6 Å². The van der Waals surface area contributed by atoms with Crippen molar-refractivity contribution in [2.24, 2.45) is 0 Å². The van der Waals surface area contributed by atoms with Crippen molar-refractivity contribution in [2.45, 2.75) is 0 Å². The predicted octanol–water partition coefficient (Wildman–Crippen LogP) is -0.349. The topological polar surface area (TPSA) is 47.0 Å². The predicted molar refractivity (Wildman–Crippen MR) is 62.9 cm³/mol. The van der Waals surface area contributed by atoms with Crippen molar-refractivity contribution in [3.05, 3.63) is 0 Å². The van der Waals surface area contributed by atoms with E-state index in [0.717, 1.165) is 26.2 Å². The molecular formula is C10H24AgN3O2. The molecule has 0 bridgehead atoms. The van der Waals surface area contributed by atoms with Crippen molar-refractivity contribution in [1.82, 2.24) is 14.7 Å². The molecule has 16 heavy (non-hydrogen) atoms. The van der Waals surface area contributed by atoms with Gasteiger partial charge in [-0.25, -0.2) is 0 Å². The van der Waals surface area contributed by atoms with E-state index in [9.17, 15) is 0 Å². The van der Waals surface area contributed by atoms with Crippen LogP contribution in [0.25, 0.3) is 0 Å². The van der Waals surface area contributed by atoms with Crippen molar-refractivity contribution >= 4 is 6.47 Å². The first-order chi connectivity index (χ1) is 6.93. The Morgan fingerprint density at radius 1 is 0.875 bits per heavy atom. The maximum absolute atomic E-state index is 8.24. The number of aliphatic hydroxyl groups excluding tert-OH is 1. The smallest absolute Gasteiger partial charge is 0.665 e. The summed E-state index contributed by atoms with van der Waals surface area (Å²) in [5.74, 6) is 0. The van der Waals surface area contributed by atoms with Gasteiger partial charge in [0.15, 0.2) is 0 Å². The largest absolute Gasteiger partial charge is 1.00 e. The molecule has 0 aromatic rings. The van der Waals surface area contributed by atoms with Gasteiger partial charge >= 0.3 is 22.4 Å². The third-order valence-corrected chi connectivity index (χ3v) is 1.86. The van der Waals surface area contributed by atoms with E-state index in [0.29, 0.717) is 6.47 Å². The Kier molecular flexibility index (Phi) is 20.2. The normalized spacial score (nSPS) is 9.75. The van der Waals surface area contributed by atoms with Gasteiger partial charge in [0.25, 0.3) is 0 Å². The molecule has 0 aromatic heterocycles. The zero-order valence-corrected chi connectivity index (χ0v) is 12.3. The molecule has 0 aromatic carbocycles. The van der Waals surface area contributed by atoms with Gasteiger partial charge in [-0.05, 0) is 35.2 Å². The van der Waals surface area contributed by atoms with Crippen LogP contribution in [0.1, 0.15) is 0 Å². The fourth-order valence-electron chi connectivity index (χ4n) is 0.853. The summed E-state index contributed by atoms with van der Waals surface area (Å²) in [6.07, 6.45) is 0. The quantitative estimate of drug-likeness (QED) is 0.534. The molecule has 1 N–H and O–H groups in total. The van der Waals surface area contributed by atoms with E-state index in [1.807, 2.05) is 0 Å². The summed E-state index contributed by atoms with van der Waals surface area (Å²) >= 11 is 0. The Morgan fingerprint density at radius 2 is 1.12 bits per heavy atom. The minimum absolute atomic E-state index is 0. The van der Waals surface area contributed by atoms with Crippen LogP contribution in [0.3, 0.4) is 0 Å². The zero-order valence-electron chi connectivity index (χ0n) is 10.8. The molecule has 0 aliphatic rings. The molecule has 6 heteroatoms. The van der Waals surface area contributed by atoms with Crippen molar-refractivity contribution in [3.8, 4) is 0 Å². The Bertz CT molecular complexity index is 134. The number of hydrogen-bond acceptors (Lipinski definition) is 4. The van der Waals surface area contributed by atoms with Crippen molar-refractivity contribution in [2.75, 3.05) is 61.4 Å². The molecule has 0 aliphatic heterocycles. The molecule has 102 valence electrons. The first-order valence-electron chi connectivity index (χ1n) is 4.93. The van der Waals surface area contributed by atoms with Gasteiger partial charge in [-0.2, -0.15) is 0 Å². The SMILES string of the molecule is CN(C)CCN(C)CCN(C)C.O=[C-]O.[Ag+]. The Morgan fingerprint density at radius 3 is 1.31 bits per heavy atom. The second-order valence-corrected chi connectivity index (χ2v) is 4.00. The van der Waals surface area contributed by atoms with Crippen LogP contribution in [0, 0.1) is 0 Å². The van der Waals surface area contributed by atoms with Crippen LogP contribution in [0.4, 0.5) is 0 Å². The van der Waals surface area contributed by atoms with Gasteiger partial charge in [-0.15, -0.1) is 0 Å². The molecular weight excluding hydrogens is 302 g/mol. The van der Waals surface area contributed by atoms with Crippen LogP contribution in [0.5, 0.6) is 0 Å². The van der Waals surface area contributed by atoms with E-state index >= 15 is 0 Å². The van der Waals surface area contributed by atoms with E-state index in [1.165, 1.54) is 0 Å². The van der Waals surface area contributed by atoms with Gasteiger partial charge in [0.1, 0.15) is 0 Å². The molecule has 0 radical (unpaired) electrons. The van der Waals surface area contributed by atoms with Gasteiger partial charge in [0, 0.05) is 26.2 Å². The van der Waals surface area contributed by atoms with Crippen LogP contribution in [-0.4, -0.2) is 87.7 Å². The number of hydrogen-bond donors (Lipinski definition) is 1. The van der Waals surface area contributed by atoms with Crippen LogP contribution in [0.15, 0.2) is 0 Å². The van der Waals surface area contributed by atoms with Crippen molar-refractivity contribution < 1.29 is 32.3 Å². The summed E-state index contributed by atoms with van der Waals surface area (Å²) in [4.78, 5) is 15.0. The number of likely N-dealkylation sites (N-methyl/N-ethyl adjacent to an activating group) is 3. The van der Waals surface area contributed by atoms with Crippen LogP contribution >= 0.6 is 0 Å². The summed E-state index contributed by atoms with van der Waals surface area (Å²) in [5.41, 5.74) is 0. The van der Waals surface area contributed by atoms with Gasteiger partial charge in [0.2, 0.25) is 0 Å². The molecule has 0 unspecified atom stereocenters. The van der Waals surface area contributed by atoms with Gasteiger partial charge in [0.05, 0.1) is 0 Å². The maximum Gasteiger partial charge on any atom is 1.00 e. The summed E-state index contributed by atoms with van der Waals surface area (Å²) in [5, 5.41) is 6.76. The molecule has 0 spiro atoms. The molecule has 0 heterocycles. The molecule has 0 rings (SSSR count). The van der Waals surface area contributed by atoms with Gasteiger partial charge in [-0.3, -0.25) is 0 Å². The fourth-order valence-corrected chi connectivity index (χ4v) is 0.853. The van der Waals surface area contributed by atoms with Crippen molar-refractivity contribution in [1.29, 1.82) is 0 Å². The fraction of sp³-hybridized carbons (Fsp3) is 0.900. The third-order valence-electron chi connectivity index (χ3n) is 1.86. The summed E-state index contributed by atoms with van der Waals surface area (Å²) in [6.45, 7) is 5.09. The van der Waals surface area contributed by atoms with Crippen LogP contribution < -0.4 is 0 Å². The third kappa shape index (κ3) is 23.7. The van der Waals surface area contributed by atoms with E-state index in [-0.39, 0.29) is 22.4 Å². The summed E-state index contributed by atoms with van der Waals surface area (Å²) in [6, 6.07) is 0. The zero-order chi connectivity index (χ0) is 12.3. The molecule has 0 amide bonds. The minimum atomic E-state index is 0. The van der Waals surface area contributed by atoms with E-state index < -0.39 is 0 Å². The first-order valence-corrected chi connectivity index (χ1v) is 4.93. The average Bonchev–Trinajstić information content (AvgIpc) is 2.12. The van der Waals surface area contributed by atoms with Gasteiger partial charge in [-0.1, -0.05) is 6.47 Å². The second kappa shape index (κ2) is 15.1. The number of nitrogens with zero attached hydrogens (tertiary/aromatic N) is 3. The molecule has 0 saturated heterocycles.